The maximum absolute atomic E-state index is 12.8. The molecule has 0 N–H and O–H groups in total. The molecule has 2 aromatic carbocycles. The van der Waals surface area contributed by atoms with Crippen LogP contribution in [-0.4, -0.2) is 47.8 Å². The fraction of sp³-hybridized carbons (Fsp3) is 0.304. The molecule has 0 bridgehead atoms. The van der Waals surface area contributed by atoms with Gasteiger partial charge in [-0.15, -0.1) is 0 Å². The number of benzene rings is 2. The first-order chi connectivity index (χ1) is 13.5. The molecule has 1 aliphatic heterocycles. The van der Waals surface area contributed by atoms with Gasteiger partial charge in [0.2, 0.25) is 5.91 Å². The Morgan fingerprint density at radius 1 is 0.929 bits per heavy atom. The molecule has 0 atom stereocenters. The summed E-state index contributed by atoms with van der Waals surface area (Å²) in [7, 11) is 0. The van der Waals surface area contributed by atoms with E-state index in [1.165, 1.54) is 11.1 Å². The summed E-state index contributed by atoms with van der Waals surface area (Å²) in [5, 5.41) is 1.01. The van der Waals surface area contributed by atoms with Gasteiger partial charge < -0.3 is 14.2 Å². The molecule has 0 saturated carbocycles. The SMILES string of the molecule is Cc1cc2occ(CC(=O)N3CCN(C(=O)c4ccccc4)CC3)c2cc1C. The highest BCUT2D eigenvalue weighted by Crippen LogP contribution is 2.25. The Morgan fingerprint density at radius 2 is 1.57 bits per heavy atom. The number of aryl methyl sites for hydroxylation is 2. The van der Waals surface area contributed by atoms with Gasteiger partial charge in [0.1, 0.15) is 5.58 Å². The van der Waals surface area contributed by atoms with Crippen LogP contribution in [-0.2, 0) is 11.2 Å². The maximum atomic E-state index is 12.8. The Bertz CT molecular complexity index is 1020. The standard InChI is InChI=1S/C23H24N2O3/c1-16-12-20-19(15-28-21(20)13-17(16)2)14-22(26)24-8-10-25(11-9-24)23(27)18-6-4-3-5-7-18/h3-7,12-13,15H,8-11,14H2,1-2H3. The minimum Gasteiger partial charge on any atom is -0.464 e. The highest BCUT2D eigenvalue weighted by Gasteiger charge is 2.25. The van der Waals surface area contributed by atoms with Gasteiger partial charge in [0, 0.05) is 42.7 Å². The zero-order chi connectivity index (χ0) is 19.7. The molecule has 2 amide bonds. The molecule has 1 fully saturated rings. The molecule has 4 rings (SSSR count). The van der Waals surface area contributed by atoms with E-state index >= 15 is 0 Å². The quantitative estimate of drug-likeness (QED) is 0.702. The number of amides is 2. The van der Waals surface area contributed by atoms with Gasteiger partial charge in [0.05, 0.1) is 12.7 Å². The first-order valence-electron chi connectivity index (χ1n) is 9.62. The van der Waals surface area contributed by atoms with Crippen molar-refractivity contribution in [3.63, 3.8) is 0 Å². The zero-order valence-corrected chi connectivity index (χ0v) is 16.3. The first-order valence-corrected chi connectivity index (χ1v) is 9.62. The van der Waals surface area contributed by atoms with E-state index in [1.807, 2.05) is 46.2 Å². The van der Waals surface area contributed by atoms with Crippen molar-refractivity contribution in [2.24, 2.45) is 0 Å². The Kier molecular flexibility index (Phi) is 4.90. The molecular formula is C23H24N2O3. The number of carbonyl (C=O) groups excluding carboxylic acids is 2. The monoisotopic (exact) mass is 376 g/mol. The van der Waals surface area contributed by atoms with Crippen LogP contribution < -0.4 is 0 Å². The largest absolute Gasteiger partial charge is 0.464 e. The van der Waals surface area contributed by atoms with Crippen molar-refractivity contribution in [2.75, 3.05) is 26.2 Å². The summed E-state index contributed by atoms with van der Waals surface area (Å²) in [5.41, 5.74) is 4.81. The summed E-state index contributed by atoms with van der Waals surface area (Å²) in [6.07, 6.45) is 2.01. The molecule has 0 aliphatic carbocycles. The molecule has 144 valence electrons. The lowest BCUT2D eigenvalue weighted by Crippen LogP contribution is -2.51. The van der Waals surface area contributed by atoms with Crippen LogP contribution in [0.2, 0.25) is 0 Å². The molecular weight excluding hydrogens is 352 g/mol. The number of nitrogens with zero attached hydrogens (tertiary/aromatic N) is 2. The smallest absolute Gasteiger partial charge is 0.253 e. The molecule has 0 unspecified atom stereocenters. The number of rotatable bonds is 3. The van der Waals surface area contributed by atoms with Gasteiger partial charge in [0.15, 0.2) is 0 Å². The molecule has 2 heterocycles. The maximum Gasteiger partial charge on any atom is 0.253 e. The van der Waals surface area contributed by atoms with Crippen molar-refractivity contribution in [1.82, 2.24) is 9.80 Å². The average Bonchev–Trinajstić information content (AvgIpc) is 3.10. The number of furan rings is 1. The van der Waals surface area contributed by atoms with Crippen LogP contribution in [0.3, 0.4) is 0 Å². The first kappa shape index (κ1) is 18.3. The summed E-state index contributed by atoms with van der Waals surface area (Å²) in [6, 6.07) is 13.4. The summed E-state index contributed by atoms with van der Waals surface area (Å²) < 4.78 is 5.65. The summed E-state index contributed by atoms with van der Waals surface area (Å²) in [6.45, 7) is 6.36. The lowest BCUT2D eigenvalue weighted by Gasteiger charge is -2.34. The predicted molar refractivity (Wildman–Crippen MR) is 108 cm³/mol. The van der Waals surface area contributed by atoms with E-state index in [2.05, 4.69) is 19.9 Å². The van der Waals surface area contributed by atoms with Crippen molar-refractivity contribution in [3.05, 3.63) is 71.0 Å². The molecule has 3 aromatic rings. The van der Waals surface area contributed by atoms with Crippen molar-refractivity contribution in [3.8, 4) is 0 Å². The second-order valence-corrected chi connectivity index (χ2v) is 7.41. The predicted octanol–water partition coefficient (Wildman–Crippen LogP) is 3.58. The van der Waals surface area contributed by atoms with Crippen LogP contribution in [0, 0.1) is 13.8 Å². The summed E-state index contributed by atoms with van der Waals surface area (Å²) in [4.78, 5) is 29.0. The minimum absolute atomic E-state index is 0.0272. The highest BCUT2D eigenvalue weighted by atomic mass is 16.3. The molecule has 1 aliphatic rings. The molecule has 0 spiro atoms. The molecule has 5 heteroatoms. The van der Waals surface area contributed by atoms with Crippen LogP contribution >= 0.6 is 0 Å². The van der Waals surface area contributed by atoms with E-state index in [0.717, 1.165) is 16.5 Å². The van der Waals surface area contributed by atoms with E-state index in [0.29, 0.717) is 38.2 Å². The normalized spacial score (nSPS) is 14.5. The van der Waals surface area contributed by atoms with Gasteiger partial charge in [-0.3, -0.25) is 9.59 Å². The Morgan fingerprint density at radius 3 is 2.29 bits per heavy atom. The topological polar surface area (TPSA) is 53.8 Å². The highest BCUT2D eigenvalue weighted by molar-refractivity contribution is 5.94. The van der Waals surface area contributed by atoms with Crippen LogP contribution in [0.15, 0.2) is 53.1 Å². The minimum atomic E-state index is 0.0272. The Balaban J connectivity index is 1.39. The fourth-order valence-corrected chi connectivity index (χ4v) is 3.67. The van der Waals surface area contributed by atoms with Crippen molar-refractivity contribution < 1.29 is 14.0 Å². The number of hydrogen-bond acceptors (Lipinski definition) is 3. The van der Waals surface area contributed by atoms with Crippen molar-refractivity contribution in [1.29, 1.82) is 0 Å². The second-order valence-electron chi connectivity index (χ2n) is 7.41. The molecule has 1 aromatic heterocycles. The Labute approximate surface area is 164 Å². The number of hydrogen-bond donors (Lipinski definition) is 0. The van der Waals surface area contributed by atoms with Gasteiger partial charge in [0.25, 0.3) is 5.91 Å². The lowest BCUT2D eigenvalue weighted by molar-refractivity contribution is -0.131. The molecule has 5 nitrogen and oxygen atoms in total. The van der Waals surface area contributed by atoms with Crippen molar-refractivity contribution >= 4 is 22.8 Å². The van der Waals surface area contributed by atoms with Gasteiger partial charge in [-0.05, 0) is 49.2 Å². The third kappa shape index (κ3) is 3.52. The van der Waals surface area contributed by atoms with Crippen LogP contribution in [0.4, 0.5) is 0 Å². The van der Waals surface area contributed by atoms with Gasteiger partial charge in [-0.25, -0.2) is 0 Å². The van der Waals surface area contributed by atoms with Gasteiger partial charge in [-0.1, -0.05) is 18.2 Å². The molecule has 28 heavy (non-hydrogen) atoms. The fourth-order valence-electron chi connectivity index (χ4n) is 3.67. The molecule has 1 saturated heterocycles. The van der Waals surface area contributed by atoms with Crippen LogP contribution in [0.5, 0.6) is 0 Å². The van der Waals surface area contributed by atoms with Gasteiger partial charge in [-0.2, -0.15) is 0 Å². The third-order valence-corrected chi connectivity index (χ3v) is 5.55. The van der Waals surface area contributed by atoms with E-state index in [4.69, 9.17) is 4.42 Å². The zero-order valence-electron chi connectivity index (χ0n) is 16.3. The second kappa shape index (κ2) is 7.50. The van der Waals surface area contributed by atoms with Crippen LogP contribution in [0.25, 0.3) is 11.0 Å². The van der Waals surface area contributed by atoms with E-state index < -0.39 is 0 Å². The van der Waals surface area contributed by atoms with E-state index in [1.54, 1.807) is 6.26 Å². The number of fused-ring (bicyclic) bond motifs is 1. The number of piperazine rings is 1. The summed E-state index contributed by atoms with van der Waals surface area (Å²) in [5.74, 6) is 0.104. The Hall–Kier alpha value is -3.08. The van der Waals surface area contributed by atoms with Crippen LogP contribution in [0.1, 0.15) is 27.0 Å². The van der Waals surface area contributed by atoms with Crippen molar-refractivity contribution in [2.45, 2.75) is 20.3 Å². The summed E-state index contributed by atoms with van der Waals surface area (Å²) >= 11 is 0. The van der Waals surface area contributed by atoms with E-state index in [9.17, 15) is 9.59 Å². The lowest BCUT2D eigenvalue weighted by atomic mass is 10.0. The van der Waals surface area contributed by atoms with Gasteiger partial charge >= 0.3 is 0 Å². The van der Waals surface area contributed by atoms with E-state index in [-0.39, 0.29) is 11.8 Å². The third-order valence-electron chi connectivity index (χ3n) is 5.55. The average molecular weight is 376 g/mol. The number of carbonyl (C=O) groups is 2. The molecule has 0 radical (unpaired) electrons.